The predicted molar refractivity (Wildman–Crippen MR) is 53.1 cm³/mol. The number of nitrogens with one attached hydrogen (secondary N) is 1. The molecule has 5 nitrogen and oxygen atoms in total. The minimum atomic E-state index is 0.640. The lowest BCUT2D eigenvalue weighted by atomic mass is 10.1. The average Bonchev–Trinajstić information content (AvgIpc) is 2.68. The van der Waals surface area contributed by atoms with E-state index in [1.54, 1.807) is 0 Å². The first kappa shape index (κ1) is 9.45. The first-order valence-corrected chi connectivity index (χ1v) is 5.12. The number of nitrogens with zero attached hydrogens (tertiary/aromatic N) is 3. The molecular formula is C9H16N4O. The second-order valence-electron chi connectivity index (χ2n) is 3.56. The maximum atomic E-state index is 5.50. The summed E-state index contributed by atoms with van der Waals surface area (Å²) in [5.74, 6) is 0.660. The van der Waals surface area contributed by atoms with Crippen LogP contribution in [0.3, 0.4) is 0 Å². The first-order chi connectivity index (χ1) is 6.90. The van der Waals surface area contributed by atoms with Gasteiger partial charge in [0, 0.05) is 13.1 Å². The van der Waals surface area contributed by atoms with Crippen LogP contribution in [-0.4, -0.2) is 30.3 Å². The van der Waals surface area contributed by atoms with Crippen molar-refractivity contribution >= 4 is 6.01 Å². The van der Waals surface area contributed by atoms with Crippen LogP contribution >= 0.6 is 0 Å². The molecule has 2 rings (SSSR count). The van der Waals surface area contributed by atoms with Gasteiger partial charge in [0.1, 0.15) is 0 Å². The van der Waals surface area contributed by atoms with Crippen LogP contribution in [0, 0.1) is 0 Å². The molecule has 78 valence electrons. The first-order valence-electron chi connectivity index (χ1n) is 5.12. The Morgan fingerprint density at radius 3 is 2.79 bits per heavy atom. The zero-order valence-corrected chi connectivity index (χ0v) is 8.49. The molecule has 0 radical (unpaired) electrons. The van der Waals surface area contributed by atoms with Gasteiger partial charge in [-0.05, 0) is 26.3 Å². The summed E-state index contributed by atoms with van der Waals surface area (Å²) in [6.45, 7) is 2.73. The molecule has 14 heavy (non-hydrogen) atoms. The largest absolute Gasteiger partial charge is 0.407 e. The summed E-state index contributed by atoms with van der Waals surface area (Å²) in [6, 6.07) is 0.676. The van der Waals surface area contributed by atoms with Crippen molar-refractivity contribution in [1.82, 2.24) is 15.5 Å². The van der Waals surface area contributed by atoms with Crippen molar-refractivity contribution in [2.45, 2.75) is 25.8 Å². The van der Waals surface area contributed by atoms with Crippen LogP contribution in [0.25, 0.3) is 0 Å². The molecule has 0 amide bonds. The fourth-order valence-corrected chi connectivity index (χ4v) is 1.68. The smallest absolute Gasteiger partial charge is 0.318 e. The van der Waals surface area contributed by atoms with Crippen LogP contribution in [0.4, 0.5) is 6.01 Å². The molecule has 0 saturated carbocycles. The Morgan fingerprint density at radius 1 is 1.29 bits per heavy atom. The molecular weight excluding hydrogens is 180 g/mol. The van der Waals surface area contributed by atoms with E-state index in [4.69, 9.17) is 4.42 Å². The van der Waals surface area contributed by atoms with Crippen LogP contribution in [0.2, 0.25) is 0 Å². The molecule has 0 aliphatic carbocycles. The van der Waals surface area contributed by atoms with Crippen molar-refractivity contribution in [3.8, 4) is 0 Å². The summed E-state index contributed by atoms with van der Waals surface area (Å²) < 4.78 is 5.50. The minimum absolute atomic E-state index is 0.640. The quantitative estimate of drug-likeness (QED) is 0.774. The Labute approximate surface area is 83.5 Å². The monoisotopic (exact) mass is 196 g/mol. The summed E-state index contributed by atoms with van der Waals surface area (Å²) in [7, 11) is 1.87. The second-order valence-corrected chi connectivity index (χ2v) is 3.56. The van der Waals surface area contributed by atoms with Crippen LogP contribution < -0.4 is 10.2 Å². The van der Waals surface area contributed by atoms with Gasteiger partial charge in [-0.3, -0.25) is 0 Å². The van der Waals surface area contributed by atoms with E-state index in [9.17, 15) is 0 Å². The number of aromatic nitrogens is 2. The molecule has 2 heterocycles. The third kappa shape index (κ3) is 2.04. The molecule has 0 bridgehead atoms. The lowest BCUT2D eigenvalue weighted by Gasteiger charge is -2.24. The second kappa shape index (κ2) is 4.41. The number of anilines is 1. The number of hydrogen-bond acceptors (Lipinski definition) is 5. The van der Waals surface area contributed by atoms with E-state index in [2.05, 4.69) is 20.4 Å². The van der Waals surface area contributed by atoms with Crippen LogP contribution in [0.1, 0.15) is 25.2 Å². The fourth-order valence-electron chi connectivity index (χ4n) is 1.68. The number of rotatable bonds is 3. The van der Waals surface area contributed by atoms with Gasteiger partial charge < -0.3 is 14.6 Å². The van der Waals surface area contributed by atoms with E-state index in [1.165, 1.54) is 19.3 Å². The highest BCUT2D eigenvalue weighted by Crippen LogP contribution is 2.17. The maximum absolute atomic E-state index is 5.50. The van der Waals surface area contributed by atoms with Crippen molar-refractivity contribution in [3.63, 3.8) is 0 Å². The third-order valence-electron chi connectivity index (χ3n) is 2.41. The highest BCUT2D eigenvalue weighted by Gasteiger charge is 2.16. The van der Waals surface area contributed by atoms with E-state index >= 15 is 0 Å². The van der Waals surface area contributed by atoms with Crippen molar-refractivity contribution in [2.24, 2.45) is 0 Å². The third-order valence-corrected chi connectivity index (χ3v) is 2.41. The lowest BCUT2D eigenvalue weighted by Crippen LogP contribution is -2.29. The van der Waals surface area contributed by atoms with Crippen LogP contribution in [0.5, 0.6) is 0 Å². The van der Waals surface area contributed by atoms with Gasteiger partial charge in [0.15, 0.2) is 0 Å². The van der Waals surface area contributed by atoms with Gasteiger partial charge in [0.05, 0.1) is 6.54 Å². The van der Waals surface area contributed by atoms with Gasteiger partial charge >= 0.3 is 6.01 Å². The molecule has 1 fully saturated rings. The van der Waals surface area contributed by atoms with Crippen LogP contribution in [-0.2, 0) is 6.54 Å². The minimum Gasteiger partial charge on any atom is -0.407 e. The van der Waals surface area contributed by atoms with Gasteiger partial charge in [-0.1, -0.05) is 5.10 Å². The summed E-state index contributed by atoms with van der Waals surface area (Å²) in [6.07, 6.45) is 3.77. The highest BCUT2D eigenvalue weighted by molar-refractivity contribution is 5.24. The average molecular weight is 196 g/mol. The molecule has 0 aromatic carbocycles. The summed E-state index contributed by atoms with van der Waals surface area (Å²) in [5, 5.41) is 11.0. The molecule has 0 unspecified atom stereocenters. The standard InChI is InChI=1S/C9H16N4O/c1-10-7-8-11-12-9(14-8)13-5-3-2-4-6-13/h10H,2-7H2,1H3. The number of hydrogen-bond donors (Lipinski definition) is 1. The Kier molecular flexibility index (Phi) is 2.98. The highest BCUT2D eigenvalue weighted by atomic mass is 16.4. The van der Waals surface area contributed by atoms with Gasteiger partial charge in [-0.15, -0.1) is 5.10 Å². The van der Waals surface area contributed by atoms with Crippen molar-refractivity contribution in [2.75, 3.05) is 25.0 Å². The SMILES string of the molecule is CNCc1nnc(N2CCCCC2)o1. The van der Waals surface area contributed by atoms with E-state index in [0.717, 1.165) is 13.1 Å². The summed E-state index contributed by atoms with van der Waals surface area (Å²) >= 11 is 0. The zero-order chi connectivity index (χ0) is 9.80. The molecule has 1 aliphatic rings. The van der Waals surface area contributed by atoms with Crippen molar-refractivity contribution in [1.29, 1.82) is 0 Å². The maximum Gasteiger partial charge on any atom is 0.318 e. The van der Waals surface area contributed by atoms with Gasteiger partial charge in [0.25, 0.3) is 0 Å². The molecule has 1 aromatic rings. The molecule has 0 atom stereocenters. The fraction of sp³-hybridized carbons (Fsp3) is 0.778. The van der Waals surface area contributed by atoms with E-state index in [1.807, 2.05) is 7.05 Å². The lowest BCUT2D eigenvalue weighted by molar-refractivity contribution is 0.452. The topological polar surface area (TPSA) is 54.2 Å². The van der Waals surface area contributed by atoms with Gasteiger partial charge in [-0.25, -0.2) is 0 Å². The van der Waals surface area contributed by atoms with Crippen LogP contribution in [0.15, 0.2) is 4.42 Å². The Bertz CT molecular complexity index is 280. The van der Waals surface area contributed by atoms with E-state index in [-0.39, 0.29) is 0 Å². The molecule has 1 N–H and O–H groups in total. The normalized spacial score (nSPS) is 17.4. The Morgan fingerprint density at radius 2 is 2.07 bits per heavy atom. The summed E-state index contributed by atoms with van der Waals surface area (Å²) in [4.78, 5) is 2.16. The molecule has 0 spiro atoms. The predicted octanol–water partition coefficient (Wildman–Crippen LogP) is 0.779. The van der Waals surface area contributed by atoms with Gasteiger partial charge in [-0.2, -0.15) is 0 Å². The summed E-state index contributed by atoms with van der Waals surface area (Å²) in [5.41, 5.74) is 0. The van der Waals surface area contributed by atoms with E-state index in [0.29, 0.717) is 18.5 Å². The zero-order valence-electron chi connectivity index (χ0n) is 8.49. The Hall–Kier alpha value is -1.10. The van der Waals surface area contributed by atoms with E-state index < -0.39 is 0 Å². The molecule has 1 saturated heterocycles. The number of piperidine rings is 1. The van der Waals surface area contributed by atoms with Crippen molar-refractivity contribution < 1.29 is 4.42 Å². The Balaban J connectivity index is 2.00. The molecule has 1 aliphatic heterocycles. The molecule has 5 heteroatoms. The molecule has 1 aromatic heterocycles. The van der Waals surface area contributed by atoms with Crippen molar-refractivity contribution in [3.05, 3.63) is 5.89 Å². The van der Waals surface area contributed by atoms with Gasteiger partial charge in [0.2, 0.25) is 5.89 Å².